The first-order valence-corrected chi connectivity index (χ1v) is 7.86. The lowest BCUT2D eigenvalue weighted by Gasteiger charge is -2.19. The molecule has 6 nitrogen and oxygen atoms in total. The summed E-state index contributed by atoms with van der Waals surface area (Å²) < 4.78 is 10.5. The maximum Gasteiger partial charge on any atom is 0.246 e. The van der Waals surface area contributed by atoms with Crippen LogP contribution < -0.4 is 20.1 Å². The number of hydrogen-bond acceptors (Lipinski definition) is 5. The molecule has 2 rings (SSSR count). The number of rotatable bonds is 6. The van der Waals surface area contributed by atoms with Crippen LogP contribution in [0.5, 0.6) is 11.5 Å². The van der Waals surface area contributed by atoms with Crippen LogP contribution in [0.15, 0.2) is 36.4 Å². The Kier molecular flexibility index (Phi) is 6.09. The first-order valence-electron chi connectivity index (χ1n) is 7.48. The second-order valence-corrected chi connectivity index (χ2v) is 5.61. The number of amides is 1. The molecule has 25 heavy (non-hydrogen) atoms. The third kappa shape index (κ3) is 4.34. The van der Waals surface area contributed by atoms with Gasteiger partial charge in [0, 0.05) is 6.07 Å². The topological polar surface area (TPSA) is 83.4 Å². The number of ether oxygens (including phenoxy) is 2. The van der Waals surface area contributed by atoms with Crippen molar-refractivity contribution < 1.29 is 14.3 Å². The highest BCUT2D eigenvalue weighted by atomic mass is 35.5. The summed E-state index contributed by atoms with van der Waals surface area (Å²) in [6, 6.07) is 11.5. The Bertz CT molecular complexity index is 818. The summed E-state index contributed by atoms with van der Waals surface area (Å²) in [5, 5.41) is 15.3. The SMILES string of the molecule is COc1cc(OC)c(NC(C)C(=O)Nc2ccccc2C#N)cc1Cl. The molecule has 2 N–H and O–H groups in total. The Hall–Kier alpha value is -2.91. The van der Waals surface area contributed by atoms with Gasteiger partial charge in [-0.1, -0.05) is 23.7 Å². The maximum absolute atomic E-state index is 12.4. The van der Waals surface area contributed by atoms with E-state index < -0.39 is 6.04 Å². The largest absolute Gasteiger partial charge is 0.495 e. The summed E-state index contributed by atoms with van der Waals surface area (Å²) in [7, 11) is 3.03. The van der Waals surface area contributed by atoms with E-state index in [1.807, 2.05) is 6.07 Å². The molecule has 1 unspecified atom stereocenters. The summed E-state index contributed by atoms with van der Waals surface area (Å²) in [4.78, 5) is 12.4. The molecule has 2 aromatic carbocycles. The molecule has 0 fully saturated rings. The average Bonchev–Trinajstić information content (AvgIpc) is 2.62. The van der Waals surface area contributed by atoms with Crippen molar-refractivity contribution >= 4 is 28.9 Å². The number of nitriles is 1. The van der Waals surface area contributed by atoms with Gasteiger partial charge in [-0.2, -0.15) is 5.26 Å². The van der Waals surface area contributed by atoms with E-state index in [1.165, 1.54) is 14.2 Å². The van der Waals surface area contributed by atoms with Crippen molar-refractivity contribution in [3.05, 3.63) is 47.0 Å². The average molecular weight is 360 g/mol. The monoisotopic (exact) mass is 359 g/mol. The number of nitrogens with zero attached hydrogens (tertiary/aromatic N) is 1. The van der Waals surface area contributed by atoms with Crippen LogP contribution in [-0.2, 0) is 4.79 Å². The normalized spacial score (nSPS) is 11.2. The summed E-state index contributed by atoms with van der Waals surface area (Å²) >= 11 is 6.13. The van der Waals surface area contributed by atoms with E-state index in [4.69, 9.17) is 26.3 Å². The molecule has 0 aliphatic rings. The molecule has 2 aromatic rings. The van der Waals surface area contributed by atoms with Crippen LogP contribution in [0, 0.1) is 11.3 Å². The van der Waals surface area contributed by atoms with Crippen LogP contribution in [0.25, 0.3) is 0 Å². The first kappa shape index (κ1) is 18.4. The summed E-state index contributed by atoms with van der Waals surface area (Å²) in [5.74, 6) is 0.680. The molecule has 0 heterocycles. The molecule has 0 saturated heterocycles. The van der Waals surface area contributed by atoms with Crippen molar-refractivity contribution in [2.75, 3.05) is 24.9 Å². The lowest BCUT2D eigenvalue weighted by atomic mass is 10.2. The van der Waals surface area contributed by atoms with Gasteiger partial charge >= 0.3 is 0 Å². The van der Waals surface area contributed by atoms with Gasteiger partial charge in [0.05, 0.1) is 36.2 Å². The lowest BCUT2D eigenvalue weighted by molar-refractivity contribution is -0.116. The molecule has 0 aliphatic carbocycles. The number of nitrogens with one attached hydrogen (secondary N) is 2. The number of carbonyl (C=O) groups is 1. The quantitative estimate of drug-likeness (QED) is 0.822. The van der Waals surface area contributed by atoms with Gasteiger partial charge in [0.1, 0.15) is 23.6 Å². The number of para-hydroxylation sites is 1. The van der Waals surface area contributed by atoms with Gasteiger partial charge in [-0.05, 0) is 25.1 Å². The first-order chi connectivity index (χ1) is 12.0. The molecule has 0 spiro atoms. The Morgan fingerprint density at radius 2 is 1.84 bits per heavy atom. The predicted octanol–water partition coefficient (Wildman–Crippen LogP) is 3.67. The second kappa shape index (κ2) is 8.27. The fourth-order valence-corrected chi connectivity index (χ4v) is 2.44. The van der Waals surface area contributed by atoms with Crippen molar-refractivity contribution in [1.29, 1.82) is 5.26 Å². The van der Waals surface area contributed by atoms with Crippen molar-refractivity contribution in [3.63, 3.8) is 0 Å². The zero-order valence-electron chi connectivity index (χ0n) is 14.1. The molecule has 0 bridgehead atoms. The Labute approximate surface area is 151 Å². The van der Waals surface area contributed by atoms with E-state index in [-0.39, 0.29) is 5.91 Å². The molecule has 1 atom stereocenters. The number of carbonyl (C=O) groups excluding carboxylic acids is 1. The molecule has 0 radical (unpaired) electrons. The highest BCUT2D eigenvalue weighted by Crippen LogP contribution is 2.36. The Balaban J connectivity index is 2.16. The van der Waals surface area contributed by atoms with Gasteiger partial charge < -0.3 is 20.1 Å². The highest BCUT2D eigenvalue weighted by Gasteiger charge is 2.17. The molecule has 7 heteroatoms. The van der Waals surface area contributed by atoms with E-state index in [0.29, 0.717) is 33.5 Å². The molecule has 130 valence electrons. The van der Waals surface area contributed by atoms with Crippen molar-refractivity contribution in [1.82, 2.24) is 0 Å². The van der Waals surface area contributed by atoms with Gasteiger partial charge in [0.25, 0.3) is 0 Å². The van der Waals surface area contributed by atoms with Crippen LogP contribution in [0.4, 0.5) is 11.4 Å². The molecule has 0 aliphatic heterocycles. The minimum absolute atomic E-state index is 0.295. The van der Waals surface area contributed by atoms with Crippen LogP contribution in [0.2, 0.25) is 5.02 Å². The van der Waals surface area contributed by atoms with Crippen molar-refractivity contribution in [3.8, 4) is 17.6 Å². The summed E-state index contributed by atoms with van der Waals surface area (Å²) in [6.45, 7) is 1.70. The fraction of sp³-hybridized carbons (Fsp3) is 0.222. The standard InChI is InChI=1S/C18H18ClN3O3/c1-11(18(23)22-14-7-5-4-6-12(14)10-20)21-15-8-13(19)16(24-2)9-17(15)25-3/h4-9,11,21H,1-3H3,(H,22,23). The van der Waals surface area contributed by atoms with E-state index in [1.54, 1.807) is 43.3 Å². The number of halogens is 1. The predicted molar refractivity (Wildman–Crippen MR) is 97.4 cm³/mol. The van der Waals surface area contributed by atoms with Crippen LogP contribution in [0.1, 0.15) is 12.5 Å². The summed E-state index contributed by atoms with van der Waals surface area (Å²) in [6.07, 6.45) is 0. The van der Waals surface area contributed by atoms with Gasteiger partial charge in [0.15, 0.2) is 0 Å². The molecule has 0 aromatic heterocycles. The van der Waals surface area contributed by atoms with Crippen LogP contribution >= 0.6 is 11.6 Å². The third-order valence-electron chi connectivity index (χ3n) is 3.54. The fourth-order valence-electron chi connectivity index (χ4n) is 2.20. The smallest absolute Gasteiger partial charge is 0.246 e. The third-order valence-corrected chi connectivity index (χ3v) is 3.84. The molecule has 1 amide bonds. The summed E-state index contributed by atoms with van der Waals surface area (Å²) in [5.41, 5.74) is 1.42. The van der Waals surface area contributed by atoms with Gasteiger partial charge in [-0.3, -0.25) is 4.79 Å². The molecular weight excluding hydrogens is 342 g/mol. The second-order valence-electron chi connectivity index (χ2n) is 5.20. The zero-order valence-corrected chi connectivity index (χ0v) is 14.8. The van der Waals surface area contributed by atoms with Crippen LogP contribution in [-0.4, -0.2) is 26.2 Å². The van der Waals surface area contributed by atoms with Gasteiger partial charge in [-0.15, -0.1) is 0 Å². The molecular formula is C18H18ClN3O3. The van der Waals surface area contributed by atoms with Crippen molar-refractivity contribution in [2.24, 2.45) is 0 Å². The number of hydrogen-bond donors (Lipinski definition) is 2. The zero-order chi connectivity index (χ0) is 18.4. The highest BCUT2D eigenvalue weighted by molar-refractivity contribution is 6.32. The van der Waals surface area contributed by atoms with Crippen molar-refractivity contribution in [2.45, 2.75) is 13.0 Å². The van der Waals surface area contributed by atoms with E-state index >= 15 is 0 Å². The lowest BCUT2D eigenvalue weighted by Crippen LogP contribution is -2.32. The minimum atomic E-state index is -0.592. The van der Waals surface area contributed by atoms with Crippen LogP contribution in [0.3, 0.4) is 0 Å². The molecule has 0 saturated carbocycles. The van der Waals surface area contributed by atoms with Gasteiger partial charge in [-0.25, -0.2) is 0 Å². The number of methoxy groups -OCH3 is 2. The number of anilines is 2. The van der Waals surface area contributed by atoms with E-state index in [9.17, 15) is 4.79 Å². The van der Waals surface area contributed by atoms with E-state index in [2.05, 4.69) is 10.6 Å². The minimum Gasteiger partial charge on any atom is -0.495 e. The number of benzene rings is 2. The Morgan fingerprint density at radius 1 is 1.16 bits per heavy atom. The maximum atomic E-state index is 12.4. The Morgan fingerprint density at radius 3 is 2.48 bits per heavy atom. The van der Waals surface area contributed by atoms with Gasteiger partial charge in [0.2, 0.25) is 5.91 Å². The van der Waals surface area contributed by atoms with E-state index in [0.717, 1.165) is 0 Å².